The molecular weight excluding hydrogens is 446 g/mol. The van der Waals surface area contributed by atoms with E-state index in [1.54, 1.807) is 62.3 Å². The maximum atomic E-state index is 13.0. The standard InChI is InChI=1S/C23H39FN4O6/c1-21(2,3)32-18(29)15(12-16-14-28(11-10-24)27-26-16)13-17(19(30)33-22(4,5)6)25-20(31)34-23(7,8)9/h14-15,17H,10-13H2,1-9H3,(H,25,31)/t15-,17-/m0/s1/i24-1. The van der Waals surface area contributed by atoms with E-state index in [2.05, 4.69) is 15.6 Å². The lowest BCUT2D eigenvalue weighted by Crippen LogP contribution is -2.48. The van der Waals surface area contributed by atoms with Crippen molar-refractivity contribution < 1.29 is 33.0 Å². The minimum atomic E-state index is -1.19. The number of carbonyl (C=O) groups is 3. The van der Waals surface area contributed by atoms with E-state index in [-0.39, 0.29) is 19.4 Å². The highest BCUT2D eigenvalue weighted by Gasteiger charge is 2.35. The van der Waals surface area contributed by atoms with Crippen LogP contribution in [0.3, 0.4) is 0 Å². The number of alkyl halides is 1. The summed E-state index contributed by atoms with van der Waals surface area (Å²) in [5.41, 5.74) is -1.96. The second-order valence-electron chi connectivity index (χ2n) is 11.1. The number of halogens is 1. The first-order valence-corrected chi connectivity index (χ1v) is 11.3. The van der Waals surface area contributed by atoms with Crippen LogP contribution >= 0.6 is 0 Å². The van der Waals surface area contributed by atoms with Gasteiger partial charge in [-0.1, -0.05) is 5.21 Å². The molecule has 1 rings (SSSR count). The summed E-state index contributed by atoms with van der Waals surface area (Å²) >= 11 is 0. The third-order valence-corrected chi connectivity index (χ3v) is 4.00. The molecule has 0 bridgehead atoms. The largest absolute Gasteiger partial charge is 0.460 e. The van der Waals surface area contributed by atoms with Crippen molar-refractivity contribution in [1.29, 1.82) is 0 Å². The Labute approximate surface area is 200 Å². The van der Waals surface area contributed by atoms with Crippen molar-refractivity contribution in [2.24, 2.45) is 5.92 Å². The van der Waals surface area contributed by atoms with Gasteiger partial charge in [-0.25, -0.2) is 18.7 Å². The molecule has 1 heterocycles. The van der Waals surface area contributed by atoms with Crippen molar-refractivity contribution in [3.05, 3.63) is 11.9 Å². The number of aryl methyl sites for hydroxylation is 1. The lowest BCUT2D eigenvalue weighted by atomic mass is 9.94. The van der Waals surface area contributed by atoms with E-state index in [1.165, 1.54) is 10.9 Å². The molecule has 2 atom stereocenters. The zero-order chi connectivity index (χ0) is 26.3. The molecule has 0 saturated heterocycles. The molecule has 11 heteroatoms. The number of hydrogen-bond acceptors (Lipinski definition) is 8. The van der Waals surface area contributed by atoms with Gasteiger partial charge in [-0.2, -0.15) is 0 Å². The summed E-state index contributed by atoms with van der Waals surface area (Å²) in [4.78, 5) is 38.4. The summed E-state index contributed by atoms with van der Waals surface area (Å²) in [5.74, 6) is -2.16. The third kappa shape index (κ3) is 11.9. The van der Waals surface area contributed by atoms with E-state index in [0.717, 1.165) is 0 Å². The van der Waals surface area contributed by atoms with Crippen molar-refractivity contribution in [1.82, 2.24) is 20.3 Å². The van der Waals surface area contributed by atoms with E-state index in [0.29, 0.717) is 5.69 Å². The number of rotatable bonds is 9. The minimum absolute atomic E-state index is 0.0326. The molecule has 0 aromatic carbocycles. The maximum absolute atomic E-state index is 13.0. The van der Waals surface area contributed by atoms with E-state index in [4.69, 9.17) is 14.2 Å². The van der Waals surface area contributed by atoms with Gasteiger partial charge in [0.25, 0.3) is 0 Å². The van der Waals surface area contributed by atoms with E-state index in [9.17, 15) is 18.8 Å². The molecule has 34 heavy (non-hydrogen) atoms. The Morgan fingerprint density at radius 3 is 1.97 bits per heavy atom. The van der Waals surface area contributed by atoms with Gasteiger partial charge in [0.05, 0.1) is 18.2 Å². The molecule has 1 N–H and O–H groups in total. The fourth-order valence-corrected chi connectivity index (χ4v) is 2.85. The van der Waals surface area contributed by atoms with Gasteiger partial charge in [0.15, 0.2) is 0 Å². The maximum Gasteiger partial charge on any atom is 0.408 e. The van der Waals surface area contributed by atoms with Crippen LogP contribution in [0.25, 0.3) is 0 Å². The topological polar surface area (TPSA) is 122 Å². The first-order valence-electron chi connectivity index (χ1n) is 11.3. The molecule has 0 aliphatic rings. The summed E-state index contributed by atoms with van der Waals surface area (Å²) in [5, 5.41) is 10.3. The second kappa shape index (κ2) is 11.6. The Morgan fingerprint density at radius 1 is 0.941 bits per heavy atom. The van der Waals surface area contributed by atoms with Crippen LogP contribution in [0.4, 0.5) is 9.18 Å². The Bertz CT molecular complexity index is 836. The number of hydrogen-bond donors (Lipinski definition) is 1. The van der Waals surface area contributed by atoms with Gasteiger partial charge in [0, 0.05) is 12.6 Å². The molecule has 0 unspecified atom stereocenters. The molecule has 1 aromatic heterocycles. The summed E-state index contributed by atoms with van der Waals surface area (Å²) in [6.45, 7) is 14.8. The Kier molecular flexibility index (Phi) is 10.0. The molecule has 1 amide bonds. The average Bonchev–Trinajstić information content (AvgIpc) is 3.03. The first-order chi connectivity index (χ1) is 15.4. The Balaban J connectivity index is 3.20. The summed E-state index contributed by atoms with van der Waals surface area (Å²) < 4.78 is 30.3. The van der Waals surface area contributed by atoms with Crippen molar-refractivity contribution in [2.45, 2.75) is 105 Å². The fourth-order valence-electron chi connectivity index (χ4n) is 2.85. The van der Waals surface area contributed by atoms with Gasteiger partial charge in [-0.15, -0.1) is 5.10 Å². The number of carbonyl (C=O) groups excluding carboxylic acids is 3. The molecule has 10 nitrogen and oxygen atoms in total. The summed E-state index contributed by atoms with van der Waals surface area (Å²) in [6, 6.07) is -1.19. The number of amides is 1. The van der Waals surface area contributed by atoms with Crippen LogP contribution in [0.15, 0.2) is 6.20 Å². The zero-order valence-electron chi connectivity index (χ0n) is 21.7. The normalized spacial score (nSPS) is 14.2. The molecule has 1 aromatic rings. The van der Waals surface area contributed by atoms with Gasteiger partial charge in [-0.3, -0.25) is 4.79 Å². The van der Waals surface area contributed by atoms with Crippen LogP contribution in [-0.4, -0.2) is 62.5 Å². The molecule has 0 saturated carbocycles. The molecule has 0 aliphatic carbocycles. The molecule has 0 spiro atoms. The Hall–Kier alpha value is -2.72. The monoisotopic (exact) mass is 485 g/mol. The smallest absolute Gasteiger partial charge is 0.408 e. The number of aromatic nitrogens is 3. The highest BCUT2D eigenvalue weighted by Crippen LogP contribution is 2.21. The number of nitrogens with one attached hydrogen (secondary N) is 1. The van der Waals surface area contributed by atoms with Crippen molar-refractivity contribution in [3.8, 4) is 0 Å². The van der Waals surface area contributed by atoms with Crippen LogP contribution in [0.5, 0.6) is 0 Å². The minimum Gasteiger partial charge on any atom is -0.460 e. The highest BCUT2D eigenvalue weighted by molar-refractivity contribution is 5.83. The first kappa shape index (κ1) is 29.3. The summed E-state index contributed by atoms with van der Waals surface area (Å²) in [6.07, 6.45) is 0.649. The van der Waals surface area contributed by atoms with Crippen LogP contribution in [0, 0.1) is 5.92 Å². The lowest BCUT2D eigenvalue weighted by molar-refractivity contribution is -0.162. The van der Waals surface area contributed by atoms with Crippen molar-refractivity contribution >= 4 is 18.0 Å². The van der Waals surface area contributed by atoms with Gasteiger partial charge in [0.2, 0.25) is 0 Å². The lowest BCUT2D eigenvalue weighted by Gasteiger charge is -2.29. The van der Waals surface area contributed by atoms with Gasteiger partial charge < -0.3 is 19.5 Å². The van der Waals surface area contributed by atoms with E-state index >= 15 is 0 Å². The highest BCUT2D eigenvalue weighted by atomic mass is 18.2. The third-order valence-electron chi connectivity index (χ3n) is 4.00. The predicted octanol–water partition coefficient (Wildman–Crippen LogP) is 3.37. The van der Waals surface area contributed by atoms with E-state index < -0.39 is 53.5 Å². The van der Waals surface area contributed by atoms with Gasteiger partial charge in [-0.05, 0) is 68.7 Å². The SMILES string of the molecule is CC(C)(C)OC(=O)N[C@@H](C[C@H](Cc1cn(CC[18F])nn1)C(=O)OC(C)(C)C)C(=O)OC(C)(C)C. The molecular formula is C23H39FN4O6. The van der Waals surface area contributed by atoms with Crippen LogP contribution < -0.4 is 5.32 Å². The molecule has 0 aliphatic heterocycles. The summed E-state index contributed by atoms with van der Waals surface area (Å²) in [7, 11) is 0. The van der Waals surface area contributed by atoms with Crippen LogP contribution in [-0.2, 0) is 36.8 Å². The number of nitrogens with zero attached hydrogens (tertiary/aromatic N) is 3. The molecule has 0 fully saturated rings. The van der Waals surface area contributed by atoms with Gasteiger partial charge >= 0.3 is 18.0 Å². The second-order valence-corrected chi connectivity index (χ2v) is 11.1. The van der Waals surface area contributed by atoms with Crippen molar-refractivity contribution in [2.75, 3.05) is 6.67 Å². The van der Waals surface area contributed by atoms with Gasteiger partial charge in [0.1, 0.15) is 29.5 Å². The van der Waals surface area contributed by atoms with Crippen molar-refractivity contribution in [3.63, 3.8) is 0 Å². The number of alkyl carbamates (subject to hydrolysis) is 1. The fraction of sp³-hybridized carbons (Fsp3) is 0.783. The van der Waals surface area contributed by atoms with Crippen LogP contribution in [0.1, 0.15) is 74.4 Å². The average molecular weight is 486 g/mol. The quantitative estimate of drug-likeness (QED) is 0.417. The predicted molar refractivity (Wildman–Crippen MR) is 123 cm³/mol. The Morgan fingerprint density at radius 2 is 1.47 bits per heavy atom. The molecule has 194 valence electrons. The van der Waals surface area contributed by atoms with Crippen LogP contribution in [0.2, 0.25) is 0 Å². The number of ether oxygens (including phenoxy) is 3. The number of esters is 2. The molecule has 0 radical (unpaired) electrons. The van der Waals surface area contributed by atoms with E-state index in [1.807, 2.05) is 0 Å². The zero-order valence-corrected chi connectivity index (χ0v) is 21.7.